The van der Waals surface area contributed by atoms with Gasteiger partial charge >= 0.3 is 6.01 Å². The van der Waals surface area contributed by atoms with E-state index in [2.05, 4.69) is 37.5 Å². The summed E-state index contributed by atoms with van der Waals surface area (Å²) in [7, 11) is 1.57. The Bertz CT molecular complexity index is 874. The van der Waals surface area contributed by atoms with Crippen molar-refractivity contribution >= 4 is 5.69 Å². The van der Waals surface area contributed by atoms with Crippen molar-refractivity contribution in [1.82, 2.24) is 24.7 Å². The fourth-order valence-corrected chi connectivity index (χ4v) is 2.64. The highest BCUT2D eigenvalue weighted by molar-refractivity contribution is 5.46. The molecule has 0 saturated heterocycles. The monoisotopic (exact) mass is 338 g/mol. The number of hydrogen-bond acceptors (Lipinski definition) is 6. The summed E-state index contributed by atoms with van der Waals surface area (Å²) in [6.45, 7) is 7.09. The summed E-state index contributed by atoms with van der Waals surface area (Å²) in [5.74, 6) is 1.71. The molecule has 25 heavy (non-hydrogen) atoms. The fourth-order valence-electron chi connectivity index (χ4n) is 2.64. The molecular weight excluding hydrogens is 316 g/mol. The van der Waals surface area contributed by atoms with E-state index in [1.807, 2.05) is 43.7 Å². The zero-order valence-electron chi connectivity index (χ0n) is 14.9. The number of anilines is 1. The van der Waals surface area contributed by atoms with E-state index in [0.29, 0.717) is 19.1 Å². The van der Waals surface area contributed by atoms with Gasteiger partial charge in [0.1, 0.15) is 11.6 Å². The van der Waals surface area contributed by atoms with Gasteiger partial charge in [0, 0.05) is 11.4 Å². The smallest absolute Gasteiger partial charge is 0.316 e. The second-order valence-corrected chi connectivity index (χ2v) is 5.91. The van der Waals surface area contributed by atoms with Gasteiger partial charge in [-0.3, -0.25) is 0 Å². The van der Waals surface area contributed by atoms with Crippen LogP contribution in [0.1, 0.15) is 28.6 Å². The molecule has 1 N–H and O–H groups in total. The normalized spacial score (nSPS) is 10.7. The van der Waals surface area contributed by atoms with Crippen LogP contribution in [0.2, 0.25) is 0 Å². The number of hydrogen-bond donors (Lipinski definition) is 1. The van der Waals surface area contributed by atoms with Gasteiger partial charge in [-0.05, 0) is 44.5 Å². The molecule has 7 nitrogen and oxygen atoms in total. The van der Waals surface area contributed by atoms with Crippen LogP contribution in [0.4, 0.5) is 5.69 Å². The maximum absolute atomic E-state index is 5.12. The highest BCUT2D eigenvalue weighted by Crippen LogP contribution is 2.14. The number of methoxy groups -OCH3 is 1. The molecule has 3 rings (SSSR count). The first-order chi connectivity index (χ1) is 12.0. The van der Waals surface area contributed by atoms with Crippen LogP contribution in [0.3, 0.4) is 0 Å². The predicted octanol–water partition coefficient (Wildman–Crippen LogP) is 2.66. The molecule has 0 atom stereocenters. The summed E-state index contributed by atoms with van der Waals surface area (Å²) in [4.78, 5) is 12.9. The average Bonchev–Trinajstić information content (AvgIpc) is 2.90. The third kappa shape index (κ3) is 4.32. The lowest BCUT2D eigenvalue weighted by Crippen LogP contribution is -2.07. The molecule has 2 heterocycles. The van der Waals surface area contributed by atoms with Crippen LogP contribution in [-0.4, -0.2) is 31.8 Å². The molecule has 0 aliphatic heterocycles. The standard InChI is InChI=1S/C18H22N6O/c1-12-8-17(22-18(20-12)25-4)10-19-16-7-5-6-15(9-16)11-24-14(3)21-13(2)23-24/h5-9,19H,10-11H2,1-4H3. The zero-order chi connectivity index (χ0) is 17.8. The number of nitrogens with zero attached hydrogens (tertiary/aromatic N) is 5. The van der Waals surface area contributed by atoms with Gasteiger partial charge in [0.15, 0.2) is 0 Å². The summed E-state index contributed by atoms with van der Waals surface area (Å²) < 4.78 is 7.03. The topological polar surface area (TPSA) is 77.8 Å². The van der Waals surface area contributed by atoms with Crippen LogP contribution >= 0.6 is 0 Å². The Labute approximate surface area is 147 Å². The second kappa shape index (κ2) is 7.29. The van der Waals surface area contributed by atoms with E-state index in [-0.39, 0.29) is 0 Å². The van der Waals surface area contributed by atoms with E-state index in [1.54, 1.807) is 7.11 Å². The summed E-state index contributed by atoms with van der Waals surface area (Å²) in [6.07, 6.45) is 0. The zero-order valence-corrected chi connectivity index (χ0v) is 14.9. The Morgan fingerprint density at radius 3 is 2.64 bits per heavy atom. The van der Waals surface area contributed by atoms with Crippen molar-refractivity contribution in [1.29, 1.82) is 0 Å². The largest absolute Gasteiger partial charge is 0.467 e. The molecule has 0 spiro atoms. The van der Waals surface area contributed by atoms with Gasteiger partial charge in [-0.15, -0.1) is 0 Å². The van der Waals surface area contributed by atoms with Crippen molar-refractivity contribution in [2.24, 2.45) is 0 Å². The summed E-state index contributed by atoms with van der Waals surface area (Å²) in [5.41, 5.74) is 3.96. The van der Waals surface area contributed by atoms with Crippen molar-refractivity contribution in [2.45, 2.75) is 33.9 Å². The maximum Gasteiger partial charge on any atom is 0.316 e. The molecule has 2 aromatic heterocycles. The first-order valence-electron chi connectivity index (χ1n) is 8.13. The van der Waals surface area contributed by atoms with Crippen LogP contribution < -0.4 is 10.1 Å². The molecule has 0 fully saturated rings. The van der Waals surface area contributed by atoms with Crippen LogP contribution in [0, 0.1) is 20.8 Å². The van der Waals surface area contributed by atoms with Crippen molar-refractivity contribution in [3.05, 3.63) is 58.9 Å². The lowest BCUT2D eigenvalue weighted by molar-refractivity contribution is 0.377. The Balaban J connectivity index is 1.69. The lowest BCUT2D eigenvalue weighted by atomic mass is 10.2. The lowest BCUT2D eigenvalue weighted by Gasteiger charge is -2.10. The first kappa shape index (κ1) is 16.9. The molecule has 3 aromatic rings. The van der Waals surface area contributed by atoms with E-state index >= 15 is 0 Å². The summed E-state index contributed by atoms with van der Waals surface area (Å²) in [6, 6.07) is 10.6. The number of benzene rings is 1. The SMILES string of the molecule is COc1nc(C)cc(CNc2cccc(Cn3nc(C)nc3C)c2)n1. The first-order valence-corrected chi connectivity index (χ1v) is 8.13. The van der Waals surface area contributed by atoms with Crippen LogP contribution in [-0.2, 0) is 13.1 Å². The third-order valence-corrected chi connectivity index (χ3v) is 3.76. The van der Waals surface area contributed by atoms with E-state index < -0.39 is 0 Å². The van der Waals surface area contributed by atoms with Gasteiger partial charge in [-0.25, -0.2) is 14.6 Å². The fraction of sp³-hybridized carbons (Fsp3) is 0.333. The van der Waals surface area contributed by atoms with Crippen molar-refractivity contribution < 1.29 is 4.74 Å². The minimum absolute atomic E-state index is 0.391. The number of ether oxygens (including phenoxy) is 1. The Hall–Kier alpha value is -2.96. The average molecular weight is 338 g/mol. The van der Waals surface area contributed by atoms with Crippen molar-refractivity contribution in [3.63, 3.8) is 0 Å². The van der Waals surface area contributed by atoms with Crippen LogP contribution in [0.25, 0.3) is 0 Å². The molecule has 0 radical (unpaired) electrons. The molecule has 0 aliphatic carbocycles. The molecule has 0 aliphatic rings. The van der Waals surface area contributed by atoms with Gasteiger partial charge in [0.2, 0.25) is 0 Å². The number of aromatic nitrogens is 5. The third-order valence-electron chi connectivity index (χ3n) is 3.76. The molecule has 0 bridgehead atoms. The van der Waals surface area contributed by atoms with Gasteiger partial charge < -0.3 is 10.1 Å². The van der Waals surface area contributed by atoms with Gasteiger partial charge in [-0.2, -0.15) is 10.1 Å². The van der Waals surface area contributed by atoms with Gasteiger partial charge in [0.25, 0.3) is 0 Å². The molecule has 130 valence electrons. The molecule has 0 unspecified atom stereocenters. The van der Waals surface area contributed by atoms with Crippen LogP contribution in [0.5, 0.6) is 6.01 Å². The molecule has 0 saturated carbocycles. The maximum atomic E-state index is 5.12. The van der Waals surface area contributed by atoms with Crippen LogP contribution in [0.15, 0.2) is 30.3 Å². The predicted molar refractivity (Wildman–Crippen MR) is 95.7 cm³/mol. The Morgan fingerprint density at radius 1 is 1.08 bits per heavy atom. The minimum atomic E-state index is 0.391. The number of aryl methyl sites for hydroxylation is 3. The minimum Gasteiger partial charge on any atom is -0.467 e. The van der Waals surface area contributed by atoms with E-state index in [9.17, 15) is 0 Å². The van der Waals surface area contributed by atoms with Gasteiger partial charge in [-0.1, -0.05) is 12.1 Å². The molecule has 0 amide bonds. The highest BCUT2D eigenvalue weighted by Gasteiger charge is 2.05. The summed E-state index contributed by atoms with van der Waals surface area (Å²) in [5, 5.41) is 7.81. The summed E-state index contributed by atoms with van der Waals surface area (Å²) >= 11 is 0. The number of rotatable bonds is 6. The molecule has 7 heteroatoms. The van der Waals surface area contributed by atoms with E-state index in [1.165, 1.54) is 0 Å². The van der Waals surface area contributed by atoms with E-state index in [4.69, 9.17) is 4.74 Å². The van der Waals surface area contributed by atoms with Crippen molar-refractivity contribution in [3.8, 4) is 6.01 Å². The molecular formula is C18H22N6O. The quantitative estimate of drug-likeness (QED) is 0.744. The Kier molecular flexibility index (Phi) is 4.92. The Morgan fingerprint density at radius 2 is 1.92 bits per heavy atom. The van der Waals surface area contributed by atoms with E-state index in [0.717, 1.165) is 34.3 Å². The van der Waals surface area contributed by atoms with Crippen molar-refractivity contribution in [2.75, 3.05) is 12.4 Å². The number of nitrogens with one attached hydrogen (secondary N) is 1. The van der Waals surface area contributed by atoms with Gasteiger partial charge in [0.05, 0.1) is 25.9 Å². The molecule has 1 aromatic carbocycles. The second-order valence-electron chi connectivity index (χ2n) is 5.91. The highest BCUT2D eigenvalue weighted by atomic mass is 16.5.